The fraction of sp³-hybridized carbons (Fsp3) is 0.143. The topological polar surface area (TPSA) is 98.5 Å². The number of Topliss-reactive ketones (excluding diaryl/α,β-unsaturated/α-hetero) is 1. The number of amides is 1. The average Bonchev–Trinajstić information content (AvgIpc) is 3.14. The highest BCUT2D eigenvalue weighted by molar-refractivity contribution is 6.39. The van der Waals surface area contributed by atoms with Gasteiger partial charge in [-0.1, -0.05) is 46.0 Å². The number of halogens is 3. The number of nitrogens with zero attached hydrogens (tertiary/aromatic N) is 1. The Balaban J connectivity index is 1.79. The summed E-state index contributed by atoms with van der Waals surface area (Å²) < 4.78 is 9.94. The van der Waals surface area contributed by atoms with Crippen LogP contribution >= 0.6 is 34.8 Å². The predicted octanol–water partition coefficient (Wildman–Crippen LogP) is 5.69. The smallest absolute Gasteiger partial charge is 0.345 e. The van der Waals surface area contributed by atoms with Gasteiger partial charge in [0.2, 0.25) is 11.8 Å². The average molecular weight is 482 g/mol. The lowest BCUT2D eigenvalue weighted by molar-refractivity contribution is -0.116. The number of aromatic nitrogens is 1. The van der Waals surface area contributed by atoms with Crippen LogP contribution in [0.15, 0.2) is 47.0 Å². The summed E-state index contributed by atoms with van der Waals surface area (Å²) in [6.45, 7) is 0. The first kappa shape index (κ1) is 22.8. The molecule has 0 aliphatic rings. The molecule has 1 aromatic heterocycles. The van der Waals surface area contributed by atoms with Gasteiger partial charge in [0.1, 0.15) is 5.69 Å². The minimum absolute atomic E-state index is 0.0231. The van der Waals surface area contributed by atoms with E-state index in [9.17, 15) is 14.4 Å². The van der Waals surface area contributed by atoms with Crippen LogP contribution in [-0.2, 0) is 9.53 Å². The fourth-order valence-corrected chi connectivity index (χ4v) is 3.46. The molecule has 0 aliphatic carbocycles. The Morgan fingerprint density at radius 3 is 2.26 bits per heavy atom. The molecule has 0 fully saturated rings. The quantitative estimate of drug-likeness (QED) is 0.344. The van der Waals surface area contributed by atoms with E-state index < -0.39 is 11.9 Å². The number of nitrogens with one attached hydrogen (secondary N) is 1. The summed E-state index contributed by atoms with van der Waals surface area (Å²) in [6, 6.07) is 11.1. The van der Waals surface area contributed by atoms with Gasteiger partial charge in [-0.2, -0.15) is 0 Å². The lowest BCUT2D eigenvalue weighted by Gasteiger charge is -2.07. The van der Waals surface area contributed by atoms with Crippen molar-refractivity contribution in [1.82, 2.24) is 5.16 Å². The van der Waals surface area contributed by atoms with Crippen molar-refractivity contribution >= 4 is 58.3 Å². The van der Waals surface area contributed by atoms with Crippen LogP contribution in [0.4, 0.5) is 5.88 Å². The number of methoxy groups -OCH3 is 1. The molecule has 0 spiro atoms. The molecule has 1 heterocycles. The summed E-state index contributed by atoms with van der Waals surface area (Å²) in [6.07, 6.45) is -0.205. The zero-order valence-corrected chi connectivity index (χ0v) is 18.3. The minimum Gasteiger partial charge on any atom is -0.465 e. The van der Waals surface area contributed by atoms with Gasteiger partial charge in [-0.15, -0.1) is 0 Å². The molecular formula is C21H15Cl3N2O5. The first-order valence-electron chi connectivity index (χ1n) is 8.92. The summed E-state index contributed by atoms with van der Waals surface area (Å²) in [5.41, 5.74) is 0.570. The standard InChI is InChI=1S/C21H15Cl3N2O5/c1-30-21(29)18-19(17-13(23)3-2-4-14(17)24)26-31-20(18)25-16(28)10-9-15(27)11-5-7-12(22)8-6-11/h2-8H,9-10H2,1H3,(H,25,28). The molecule has 31 heavy (non-hydrogen) atoms. The van der Waals surface area contributed by atoms with E-state index in [2.05, 4.69) is 10.5 Å². The molecule has 10 heteroatoms. The molecule has 0 saturated heterocycles. The molecule has 160 valence electrons. The van der Waals surface area contributed by atoms with Crippen LogP contribution in [0.3, 0.4) is 0 Å². The van der Waals surface area contributed by atoms with Gasteiger partial charge in [0.25, 0.3) is 0 Å². The molecule has 0 unspecified atom stereocenters. The van der Waals surface area contributed by atoms with E-state index in [4.69, 9.17) is 44.1 Å². The van der Waals surface area contributed by atoms with Crippen molar-refractivity contribution in [1.29, 1.82) is 0 Å². The third-order valence-electron chi connectivity index (χ3n) is 4.28. The van der Waals surface area contributed by atoms with Crippen LogP contribution in [0.1, 0.15) is 33.6 Å². The number of carbonyl (C=O) groups excluding carboxylic acids is 3. The predicted molar refractivity (Wildman–Crippen MR) is 117 cm³/mol. The maximum absolute atomic E-state index is 12.4. The van der Waals surface area contributed by atoms with Gasteiger partial charge in [0.15, 0.2) is 11.3 Å². The molecule has 7 nitrogen and oxygen atoms in total. The first-order chi connectivity index (χ1) is 14.8. The number of ketones is 1. The van der Waals surface area contributed by atoms with E-state index in [-0.39, 0.29) is 51.4 Å². The van der Waals surface area contributed by atoms with Gasteiger partial charge in [-0.05, 0) is 36.4 Å². The van der Waals surface area contributed by atoms with Crippen molar-refractivity contribution < 1.29 is 23.6 Å². The minimum atomic E-state index is -0.806. The van der Waals surface area contributed by atoms with Gasteiger partial charge in [0.05, 0.1) is 17.2 Å². The van der Waals surface area contributed by atoms with Crippen molar-refractivity contribution in [2.24, 2.45) is 0 Å². The highest BCUT2D eigenvalue weighted by Gasteiger charge is 2.28. The van der Waals surface area contributed by atoms with Gasteiger partial charge >= 0.3 is 5.97 Å². The Labute approximate surface area is 192 Å². The number of hydrogen-bond acceptors (Lipinski definition) is 6. The second-order valence-electron chi connectivity index (χ2n) is 6.30. The number of ether oxygens (including phenoxy) is 1. The third kappa shape index (κ3) is 5.25. The molecule has 3 rings (SSSR count). The second kappa shape index (κ2) is 9.96. The lowest BCUT2D eigenvalue weighted by Crippen LogP contribution is -2.15. The van der Waals surface area contributed by atoms with Crippen LogP contribution in [-0.4, -0.2) is 29.9 Å². The van der Waals surface area contributed by atoms with Crippen LogP contribution in [0.5, 0.6) is 0 Å². The van der Waals surface area contributed by atoms with E-state index in [1.54, 1.807) is 42.5 Å². The van der Waals surface area contributed by atoms with E-state index in [1.165, 1.54) is 7.11 Å². The zero-order chi connectivity index (χ0) is 22.5. The molecule has 1 N–H and O–H groups in total. The largest absolute Gasteiger partial charge is 0.465 e. The van der Waals surface area contributed by atoms with E-state index in [0.29, 0.717) is 10.6 Å². The molecule has 0 saturated carbocycles. The van der Waals surface area contributed by atoms with Crippen molar-refractivity contribution in [2.45, 2.75) is 12.8 Å². The molecule has 3 aromatic rings. The lowest BCUT2D eigenvalue weighted by atomic mass is 10.1. The highest BCUT2D eigenvalue weighted by Crippen LogP contribution is 2.38. The van der Waals surface area contributed by atoms with E-state index >= 15 is 0 Å². The van der Waals surface area contributed by atoms with Gasteiger partial charge < -0.3 is 9.26 Å². The first-order valence-corrected chi connectivity index (χ1v) is 10.1. The zero-order valence-electron chi connectivity index (χ0n) is 16.1. The number of hydrogen-bond donors (Lipinski definition) is 1. The molecule has 0 bridgehead atoms. The summed E-state index contributed by atoms with van der Waals surface area (Å²) in [5.74, 6) is -1.83. The number of carbonyl (C=O) groups is 3. The van der Waals surface area contributed by atoms with Crippen molar-refractivity contribution in [3.05, 3.63) is 68.7 Å². The van der Waals surface area contributed by atoms with Crippen molar-refractivity contribution in [2.75, 3.05) is 12.4 Å². The Kier molecular flexibility index (Phi) is 7.33. The summed E-state index contributed by atoms with van der Waals surface area (Å²) in [7, 11) is 1.17. The molecule has 0 radical (unpaired) electrons. The van der Waals surface area contributed by atoms with Crippen LogP contribution < -0.4 is 5.32 Å². The molecular weight excluding hydrogens is 467 g/mol. The molecule has 0 atom stereocenters. The van der Waals surface area contributed by atoms with Gasteiger partial charge in [0, 0.05) is 29.0 Å². The monoisotopic (exact) mass is 480 g/mol. The van der Waals surface area contributed by atoms with Crippen LogP contribution in [0.2, 0.25) is 15.1 Å². The Morgan fingerprint density at radius 1 is 1.00 bits per heavy atom. The van der Waals surface area contributed by atoms with E-state index in [1.807, 2.05) is 0 Å². The highest BCUT2D eigenvalue weighted by atomic mass is 35.5. The van der Waals surface area contributed by atoms with Crippen LogP contribution in [0, 0.1) is 0 Å². The number of benzene rings is 2. The molecule has 2 aromatic carbocycles. The molecule has 1 amide bonds. The number of anilines is 1. The molecule has 0 aliphatic heterocycles. The number of rotatable bonds is 7. The van der Waals surface area contributed by atoms with Crippen LogP contribution in [0.25, 0.3) is 11.3 Å². The normalized spacial score (nSPS) is 10.6. The summed E-state index contributed by atoms with van der Waals surface area (Å²) >= 11 is 18.2. The Hall–Kier alpha value is -2.87. The summed E-state index contributed by atoms with van der Waals surface area (Å²) in [4.78, 5) is 37.0. The maximum Gasteiger partial charge on any atom is 0.345 e. The van der Waals surface area contributed by atoms with Gasteiger partial charge in [-0.25, -0.2) is 4.79 Å². The number of esters is 1. The maximum atomic E-state index is 12.4. The second-order valence-corrected chi connectivity index (χ2v) is 7.55. The Bertz CT molecular complexity index is 1120. The Morgan fingerprint density at radius 2 is 1.65 bits per heavy atom. The van der Waals surface area contributed by atoms with Gasteiger partial charge in [-0.3, -0.25) is 14.9 Å². The summed E-state index contributed by atoms with van der Waals surface area (Å²) in [5, 5.41) is 7.26. The SMILES string of the molecule is COC(=O)c1c(-c2c(Cl)cccc2Cl)noc1NC(=O)CCC(=O)c1ccc(Cl)cc1. The van der Waals surface area contributed by atoms with E-state index in [0.717, 1.165) is 0 Å². The van der Waals surface area contributed by atoms with Crippen molar-refractivity contribution in [3.63, 3.8) is 0 Å². The fourth-order valence-electron chi connectivity index (χ4n) is 2.76. The third-order valence-corrected chi connectivity index (χ3v) is 5.16. The van der Waals surface area contributed by atoms with Crippen molar-refractivity contribution in [3.8, 4) is 11.3 Å².